The lowest BCUT2D eigenvalue weighted by Crippen LogP contribution is -2.15. The van der Waals surface area contributed by atoms with Crippen molar-refractivity contribution in [2.45, 2.75) is 13.5 Å². The van der Waals surface area contributed by atoms with E-state index in [0.717, 1.165) is 28.0 Å². The predicted molar refractivity (Wildman–Crippen MR) is 104 cm³/mol. The first-order valence-electron chi connectivity index (χ1n) is 8.05. The van der Waals surface area contributed by atoms with Crippen LogP contribution in [0.5, 0.6) is 0 Å². The van der Waals surface area contributed by atoms with Crippen LogP contribution in [0.3, 0.4) is 0 Å². The van der Waals surface area contributed by atoms with Gasteiger partial charge in [0.1, 0.15) is 5.52 Å². The van der Waals surface area contributed by atoms with Crippen molar-refractivity contribution in [2.24, 2.45) is 4.99 Å². The minimum absolute atomic E-state index is 0.470. The molecule has 0 fully saturated rings. The molecule has 0 bridgehead atoms. The summed E-state index contributed by atoms with van der Waals surface area (Å²) in [6.45, 7) is 2.49. The minimum Gasteiger partial charge on any atom is -0.340 e. The van der Waals surface area contributed by atoms with Crippen LogP contribution in [0.4, 0.5) is 5.69 Å². The van der Waals surface area contributed by atoms with Gasteiger partial charge in [0.25, 0.3) is 0 Å². The van der Waals surface area contributed by atoms with Gasteiger partial charge in [-0.15, -0.1) is 0 Å². The molecule has 2 heterocycles. The second kappa shape index (κ2) is 6.94. The number of rotatable bonds is 3. The number of nitrogens with one attached hydrogen (secondary N) is 1. The summed E-state index contributed by atoms with van der Waals surface area (Å²) in [5, 5.41) is 1.23. The Balaban J connectivity index is 1.84. The summed E-state index contributed by atoms with van der Waals surface area (Å²) in [5.74, 6) is 0. The molecule has 0 saturated carbocycles. The Morgan fingerprint density at radius 1 is 1.04 bits per heavy atom. The van der Waals surface area contributed by atoms with Gasteiger partial charge in [0.05, 0.1) is 24.9 Å². The van der Waals surface area contributed by atoms with Gasteiger partial charge >= 0.3 is 0 Å². The van der Waals surface area contributed by atoms with Crippen LogP contribution < -0.4 is 5.49 Å². The number of H-pyrrole nitrogens is 1. The summed E-state index contributed by atoms with van der Waals surface area (Å²) in [5.41, 5.74) is 4.88. The van der Waals surface area contributed by atoms with Crippen molar-refractivity contribution in [3.63, 3.8) is 0 Å². The van der Waals surface area contributed by atoms with Gasteiger partial charge in [0.2, 0.25) is 0 Å². The van der Waals surface area contributed by atoms with Crippen LogP contribution >= 0.6 is 23.2 Å². The summed E-state index contributed by atoms with van der Waals surface area (Å²) in [4.78, 5) is 16.7. The number of hydrogen-bond acceptors (Lipinski definition) is 3. The topological polar surface area (TPSA) is 58.9 Å². The van der Waals surface area contributed by atoms with E-state index in [1.165, 1.54) is 0 Å². The van der Waals surface area contributed by atoms with Gasteiger partial charge in [-0.3, -0.25) is 0 Å². The Morgan fingerprint density at radius 3 is 2.58 bits per heavy atom. The van der Waals surface area contributed by atoms with E-state index in [1.807, 2.05) is 54.0 Å². The molecule has 2 aromatic carbocycles. The number of para-hydroxylation sites is 1. The molecule has 0 spiro atoms. The fourth-order valence-electron chi connectivity index (χ4n) is 2.77. The number of halogens is 2. The molecule has 7 heteroatoms. The van der Waals surface area contributed by atoms with Gasteiger partial charge in [-0.2, -0.15) is 0 Å². The van der Waals surface area contributed by atoms with Crippen LogP contribution in [0.25, 0.3) is 11.2 Å². The minimum atomic E-state index is 0.470. The predicted octanol–water partition coefficient (Wildman–Crippen LogP) is 4.66. The maximum absolute atomic E-state index is 6.30. The lowest BCUT2D eigenvalue weighted by atomic mass is 10.2. The van der Waals surface area contributed by atoms with Crippen LogP contribution in [0.1, 0.15) is 11.1 Å². The molecule has 4 rings (SSSR count). The SMILES string of the molecule is Cc1ccccc1N=c1ncn(Cc2c(Cl)cccc2Cl)c2nc[nH]c12. The van der Waals surface area contributed by atoms with Crippen molar-refractivity contribution in [3.8, 4) is 0 Å². The van der Waals surface area contributed by atoms with Crippen molar-refractivity contribution in [1.29, 1.82) is 0 Å². The molecule has 0 aliphatic heterocycles. The first-order chi connectivity index (χ1) is 12.6. The first-order valence-corrected chi connectivity index (χ1v) is 8.81. The Morgan fingerprint density at radius 2 is 1.81 bits per heavy atom. The first kappa shape index (κ1) is 16.8. The van der Waals surface area contributed by atoms with Crippen LogP contribution in [0.2, 0.25) is 10.0 Å². The molecule has 0 saturated heterocycles. The van der Waals surface area contributed by atoms with Crippen molar-refractivity contribution in [3.05, 3.63) is 81.8 Å². The highest BCUT2D eigenvalue weighted by Gasteiger charge is 2.10. The fourth-order valence-corrected chi connectivity index (χ4v) is 3.29. The second-order valence-corrected chi connectivity index (χ2v) is 6.71. The van der Waals surface area contributed by atoms with Crippen molar-refractivity contribution >= 4 is 40.1 Å². The molecule has 1 N–H and O–H groups in total. The highest BCUT2D eigenvalue weighted by molar-refractivity contribution is 6.36. The third kappa shape index (κ3) is 3.11. The number of hydrogen-bond donors (Lipinski definition) is 1. The van der Waals surface area contributed by atoms with Crippen molar-refractivity contribution < 1.29 is 0 Å². The largest absolute Gasteiger partial charge is 0.340 e. The Kier molecular flexibility index (Phi) is 4.49. The fraction of sp³-hybridized carbons (Fsp3) is 0.105. The number of aromatic nitrogens is 4. The van der Waals surface area contributed by atoms with Crippen molar-refractivity contribution in [1.82, 2.24) is 19.5 Å². The highest BCUT2D eigenvalue weighted by atomic mass is 35.5. The number of aryl methyl sites for hydroxylation is 1. The summed E-state index contributed by atoms with van der Waals surface area (Å²) in [6.07, 6.45) is 3.34. The normalized spacial score (nSPS) is 12.0. The number of benzene rings is 2. The average Bonchev–Trinajstić information content (AvgIpc) is 3.12. The van der Waals surface area contributed by atoms with E-state index in [1.54, 1.807) is 12.7 Å². The third-order valence-corrected chi connectivity index (χ3v) is 4.87. The molecule has 0 atom stereocenters. The molecule has 0 amide bonds. The summed E-state index contributed by atoms with van der Waals surface area (Å²) in [7, 11) is 0. The molecule has 0 aliphatic carbocycles. The molecular weight excluding hydrogens is 369 g/mol. The molecule has 0 radical (unpaired) electrons. The zero-order valence-corrected chi connectivity index (χ0v) is 15.5. The van der Waals surface area contributed by atoms with E-state index in [9.17, 15) is 0 Å². The monoisotopic (exact) mass is 383 g/mol. The maximum atomic E-state index is 6.30. The number of imidazole rings is 1. The number of nitrogens with zero attached hydrogens (tertiary/aromatic N) is 4. The standard InChI is InChI=1S/C19H15Cl2N5/c1-12-5-2-3-8-16(12)25-18-17-19(23-10-22-17)26(11-24-18)9-13-14(20)6-4-7-15(13)21/h2-8,10-11H,9H2,1H3,(H,22,23). The van der Waals surface area contributed by atoms with Gasteiger partial charge < -0.3 is 9.55 Å². The van der Waals surface area contributed by atoms with Crippen LogP contribution in [0, 0.1) is 6.92 Å². The maximum Gasteiger partial charge on any atom is 0.181 e. The number of aromatic amines is 1. The Hall–Kier alpha value is -2.63. The molecule has 5 nitrogen and oxygen atoms in total. The molecule has 0 aliphatic rings. The smallest absolute Gasteiger partial charge is 0.181 e. The molecule has 26 heavy (non-hydrogen) atoms. The van der Waals surface area contributed by atoms with Gasteiger partial charge in [-0.1, -0.05) is 47.5 Å². The molecule has 0 unspecified atom stereocenters. The molecule has 4 aromatic rings. The summed E-state index contributed by atoms with van der Waals surface area (Å²) < 4.78 is 1.90. The zero-order chi connectivity index (χ0) is 18.1. The Bertz CT molecular complexity index is 1140. The average molecular weight is 384 g/mol. The zero-order valence-electron chi connectivity index (χ0n) is 13.9. The summed E-state index contributed by atoms with van der Waals surface area (Å²) in [6, 6.07) is 13.4. The van der Waals surface area contributed by atoms with Gasteiger partial charge in [0, 0.05) is 15.6 Å². The highest BCUT2D eigenvalue weighted by Crippen LogP contribution is 2.25. The van der Waals surface area contributed by atoms with Gasteiger partial charge in [-0.25, -0.2) is 15.0 Å². The lowest BCUT2D eigenvalue weighted by Gasteiger charge is -2.10. The van der Waals surface area contributed by atoms with E-state index in [-0.39, 0.29) is 0 Å². The van der Waals surface area contributed by atoms with E-state index >= 15 is 0 Å². The lowest BCUT2D eigenvalue weighted by molar-refractivity contribution is 0.786. The summed E-state index contributed by atoms with van der Waals surface area (Å²) >= 11 is 12.6. The number of fused-ring (bicyclic) bond motifs is 1. The molecular formula is C19H15Cl2N5. The van der Waals surface area contributed by atoms with E-state index in [2.05, 4.69) is 19.9 Å². The van der Waals surface area contributed by atoms with Gasteiger partial charge in [0.15, 0.2) is 11.1 Å². The quantitative estimate of drug-likeness (QED) is 0.559. The molecule has 130 valence electrons. The van der Waals surface area contributed by atoms with Crippen molar-refractivity contribution in [2.75, 3.05) is 0 Å². The second-order valence-electron chi connectivity index (χ2n) is 5.90. The van der Waals surface area contributed by atoms with E-state index in [0.29, 0.717) is 22.1 Å². The van der Waals surface area contributed by atoms with Crippen LogP contribution in [-0.4, -0.2) is 19.5 Å². The third-order valence-electron chi connectivity index (χ3n) is 4.17. The van der Waals surface area contributed by atoms with E-state index in [4.69, 9.17) is 23.2 Å². The van der Waals surface area contributed by atoms with Crippen LogP contribution in [0.15, 0.2) is 60.1 Å². The molecule has 2 aromatic heterocycles. The van der Waals surface area contributed by atoms with Gasteiger partial charge in [-0.05, 0) is 30.7 Å². The van der Waals surface area contributed by atoms with Crippen LogP contribution in [-0.2, 0) is 6.54 Å². The van der Waals surface area contributed by atoms with E-state index < -0.39 is 0 Å². The Labute approximate surface area is 160 Å².